The van der Waals surface area contributed by atoms with Gasteiger partial charge in [-0.1, -0.05) is 24.3 Å². The molecule has 21 heavy (non-hydrogen) atoms. The molecule has 2 aliphatic heterocycles. The highest BCUT2D eigenvalue weighted by atomic mass is 16.7. The molecule has 2 bridgehead atoms. The van der Waals surface area contributed by atoms with E-state index in [1.807, 2.05) is 6.08 Å². The second-order valence-electron chi connectivity index (χ2n) is 6.24. The van der Waals surface area contributed by atoms with E-state index < -0.39 is 11.9 Å². The summed E-state index contributed by atoms with van der Waals surface area (Å²) in [5.41, 5.74) is 0.783. The van der Waals surface area contributed by atoms with Crippen LogP contribution in [0.15, 0.2) is 36.4 Å². The number of esters is 1. The highest BCUT2D eigenvalue weighted by molar-refractivity contribution is 6.08. The number of nitrogens with zero attached hydrogens (tertiary/aromatic N) is 1. The molecular weight excluding hydrogens is 270 g/mol. The highest BCUT2D eigenvalue weighted by Gasteiger charge is 2.70. The molecule has 1 N–H and O–H groups in total. The minimum Gasteiger partial charge on any atom is -0.409 e. The van der Waals surface area contributed by atoms with Gasteiger partial charge in [0, 0.05) is 0 Å². The molecule has 1 amide bonds. The van der Waals surface area contributed by atoms with Gasteiger partial charge in [0.1, 0.15) is 0 Å². The maximum absolute atomic E-state index is 12.8. The van der Waals surface area contributed by atoms with E-state index in [0.29, 0.717) is 11.3 Å². The quantitative estimate of drug-likeness (QED) is 0.575. The zero-order valence-electron chi connectivity index (χ0n) is 11.1. The number of aliphatic hydroxyl groups is 1. The van der Waals surface area contributed by atoms with E-state index in [9.17, 15) is 14.7 Å². The van der Waals surface area contributed by atoms with Crippen molar-refractivity contribution in [3.05, 3.63) is 42.0 Å². The van der Waals surface area contributed by atoms with Crippen LogP contribution in [0.25, 0.3) is 0 Å². The molecule has 5 atom stereocenters. The second-order valence-corrected chi connectivity index (χ2v) is 6.24. The van der Waals surface area contributed by atoms with Gasteiger partial charge in [0.05, 0.1) is 23.1 Å². The number of allylic oxidation sites excluding steroid dienone is 2. The van der Waals surface area contributed by atoms with Crippen LogP contribution in [0.1, 0.15) is 16.8 Å². The van der Waals surface area contributed by atoms with E-state index >= 15 is 0 Å². The van der Waals surface area contributed by atoms with E-state index in [1.54, 1.807) is 24.3 Å². The summed E-state index contributed by atoms with van der Waals surface area (Å²) in [6.45, 7) is 0. The maximum Gasteiger partial charge on any atom is 0.344 e. The average Bonchev–Trinajstić information content (AvgIpc) is 3.12. The third-order valence-corrected chi connectivity index (χ3v) is 5.33. The van der Waals surface area contributed by atoms with Gasteiger partial charge in [-0.05, 0) is 30.4 Å². The maximum atomic E-state index is 12.8. The summed E-state index contributed by atoms with van der Waals surface area (Å²) >= 11 is 0. The number of amides is 1. The van der Waals surface area contributed by atoms with Crippen LogP contribution in [0.5, 0.6) is 0 Å². The molecule has 2 heterocycles. The summed E-state index contributed by atoms with van der Waals surface area (Å²) in [7, 11) is 0. The van der Waals surface area contributed by atoms with Crippen LogP contribution in [0.3, 0.4) is 0 Å². The van der Waals surface area contributed by atoms with Gasteiger partial charge >= 0.3 is 11.9 Å². The number of hydrogen-bond acceptors (Lipinski definition) is 4. The van der Waals surface area contributed by atoms with Crippen molar-refractivity contribution in [1.29, 1.82) is 0 Å². The Hall–Kier alpha value is -2.14. The molecule has 5 heteroatoms. The molecule has 0 radical (unpaired) electrons. The third kappa shape index (κ3) is 1.14. The van der Waals surface area contributed by atoms with Gasteiger partial charge < -0.3 is 9.84 Å². The first-order chi connectivity index (χ1) is 10.1. The Morgan fingerprint density at radius 2 is 1.95 bits per heavy atom. The Kier molecular flexibility index (Phi) is 1.84. The summed E-state index contributed by atoms with van der Waals surface area (Å²) < 4.78 is 5.35. The normalized spacial score (nSPS) is 41.9. The van der Waals surface area contributed by atoms with Crippen LogP contribution in [0.2, 0.25) is 0 Å². The number of benzene rings is 1. The smallest absolute Gasteiger partial charge is 0.344 e. The molecule has 0 spiro atoms. The van der Waals surface area contributed by atoms with Crippen molar-refractivity contribution in [2.24, 2.45) is 23.7 Å². The second kappa shape index (κ2) is 3.36. The summed E-state index contributed by atoms with van der Waals surface area (Å²) in [5, 5.41) is 11.0. The van der Waals surface area contributed by atoms with Crippen molar-refractivity contribution in [2.45, 2.75) is 12.3 Å². The minimum atomic E-state index is -1.84. The number of para-hydroxylation sites is 1. The van der Waals surface area contributed by atoms with Crippen LogP contribution in [0.4, 0.5) is 5.69 Å². The number of carbonyl (C=O) groups is 2. The topological polar surface area (TPSA) is 66.8 Å². The van der Waals surface area contributed by atoms with Crippen LogP contribution in [0, 0.1) is 23.7 Å². The largest absolute Gasteiger partial charge is 0.409 e. The number of carbonyl (C=O) groups excluding carboxylic acids is 2. The molecule has 4 aliphatic rings. The summed E-state index contributed by atoms with van der Waals surface area (Å²) in [6.07, 6.45) is 4.95. The van der Waals surface area contributed by atoms with Gasteiger partial charge in [-0.2, -0.15) is 0 Å². The fourth-order valence-corrected chi connectivity index (χ4v) is 4.57. The van der Waals surface area contributed by atoms with Crippen LogP contribution in [-0.2, 0) is 9.53 Å². The van der Waals surface area contributed by atoms with Crippen molar-refractivity contribution in [3.63, 3.8) is 0 Å². The number of rotatable bonds is 0. The van der Waals surface area contributed by atoms with Crippen molar-refractivity contribution in [3.8, 4) is 0 Å². The Morgan fingerprint density at radius 3 is 2.81 bits per heavy atom. The fraction of sp³-hybridized carbons (Fsp3) is 0.375. The summed E-state index contributed by atoms with van der Waals surface area (Å²) in [5.74, 6) is -2.95. The van der Waals surface area contributed by atoms with E-state index in [1.165, 1.54) is 4.90 Å². The van der Waals surface area contributed by atoms with Crippen LogP contribution >= 0.6 is 0 Å². The highest BCUT2D eigenvalue weighted by Crippen LogP contribution is 2.60. The number of hydrogen-bond donors (Lipinski definition) is 1. The fourth-order valence-electron chi connectivity index (χ4n) is 4.57. The molecular formula is C16H13NO4. The molecule has 5 nitrogen and oxygen atoms in total. The Labute approximate surface area is 120 Å². The predicted molar refractivity (Wildman–Crippen MR) is 72.0 cm³/mol. The Balaban J connectivity index is 1.74. The minimum absolute atomic E-state index is 0.0945. The standard InChI is InChI=1S/C16H13NO4/c18-14-12-8-5-6-9(7-8)13(12)16(20)17(14)11-4-2-1-3-10(11)15(19)21-16/h1-6,8-9,12-13,20H,7H2/t8-,9+,12-,13?,16+/m0/s1. The molecule has 0 aromatic heterocycles. The molecule has 1 unspecified atom stereocenters. The van der Waals surface area contributed by atoms with Crippen molar-refractivity contribution in [2.75, 3.05) is 4.90 Å². The van der Waals surface area contributed by atoms with Crippen molar-refractivity contribution in [1.82, 2.24) is 0 Å². The first-order valence-electron chi connectivity index (χ1n) is 7.18. The van der Waals surface area contributed by atoms with E-state index in [0.717, 1.165) is 6.42 Å². The molecule has 1 aromatic rings. The molecule has 5 rings (SSSR count). The molecule has 2 aliphatic carbocycles. The van der Waals surface area contributed by atoms with Crippen LogP contribution < -0.4 is 4.90 Å². The van der Waals surface area contributed by atoms with E-state index in [4.69, 9.17) is 4.74 Å². The lowest BCUT2D eigenvalue weighted by Gasteiger charge is -2.41. The Bertz CT molecular complexity index is 727. The van der Waals surface area contributed by atoms with E-state index in [2.05, 4.69) is 6.08 Å². The molecule has 1 saturated carbocycles. The monoisotopic (exact) mass is 283 g/mol. The van der Waals surface area contributed by atoms with Gasteiger partial charge in [-0.25, -0.2) is 9.69 Å². The van der Waals surface area contributed by atoms with Gasteiger partial charge in [-0.15, -0.1) is 0 Å². The zero-order chi connectivity index (χ0) is 14.4. The van der Waals surface area contributed by atoms with Crippen molar-refractivity contribution >= 4 is 17.6 Å². The van der Waals surface area contributed by atoms with Crippen molar-refractivity contribution < 1.29 is 19.4 Å². The van der Waals surface area contributed by atoms with E-state index in [-0.39, 0.29) is 29.6 Å². The van der Waals surface area contributed by atoms with Gasteiger partial charge in [-0.3, -0.25) is 4.79 Å². The third-order valence-electron chi connectivity index (χ3n) is 5.33. The van der Waals surface area contributed by atoms with Gasteiger partial charge in [0.2, 0.25) is 5.91 Å². The lowest BCUT2D eigenvalue weighted by Crippen LogP contribution is -2.57. The van der Waals surface area contributed by atoms with Gasteiger partial charge in [0.15, 0.2) is 0 Å². The summed E-state index contributed by atoms with van der Waals surface area (Å²) in [6, 6.07) is 6.78. The SMILES string of the molecule is O=C1O[C@]2(O)C3[C@@H]4C=C[C@@H](C4)[C@@H]3C(=O)N2c2ccccc21. The molecule has 106 valence electrons. The lowest BCUT2D eigenvalue weighted by molar-refractivity contribution is -0.196. The average molecular weight is 283 g/mol. The predicted octanol–water partition coefficient (Wildman–Crippen LogP) is 1.29. The summed E-state index contributed by atoms with van der Waals surface area (Å²) in [4.78, 5) is 26.3. The van der Waals surface area contributed by atoms with Gasteiger partial charge in [0.25, 0.3) is 0 Å². The number of anilines is 1. The number of ether oxygens (including phenoxy) is 1. The zero-order valence-corrected chi connectivity index (χ0v) is 11.1. The molecule has 2 fully saturated rings. The van der Waals surface area contributed by atoms with Crippen LogP contribution in [-0.4, -0.2) is 22.9 Å². The first kappa shape index (κ1) is 11.5. The number of fused-ring (bicyclic) bond motifs is 9. The molecule has 1 aromatic carbocycles. The molecule has 1 saturated heterocycles. The first-order valence-corrected chi connectivity index (χ1v) is 7.18. The Morgan fingerprint density at radius 1 is 1.19 bits per heavy atom. The lowest BCUT2D eigenvalue weighted by atomic mass is 9.83.